The van der Waals surface area contributed by atoms with Crippen LogP contribution < -0.4 is 5.32 Å². The molecule has 1 aliphatic rings. The van der Waals surface area contributed by atoms with Crippen molar-refractivity contribution in [3.05, 3.63) is 78.2 Å². The molecule has 2 heterocycles. The predicted octanol–water partition coefficient (Wildman–Crippen LogP) is 4.99. The van der Waals surface area contributed by atoms with Gasteiger partial charge in [0, 0.05) is 24.5 Å². The van der Waals surface area contributed by atoms with Gasteiger partial charge in [0.2, 0.25) is 22.5 Å². The summed E-state index contributed by atoms with van der Waals surface area (Å²) in [6, 6.07) is 2.89. The van der Waals surface area contributed by atoms with Gasteiger partial charge in [0.15, 0.2) is 0 Å². The summed E-state index contributed by atoms with van der Waals surface area (Å²) in [6.07, 6.45) is 7.90. The molecule has 170 valence electrons. The molecule has 2 N–H and O–H groups in total. The molecule has 0 aliphatic heterocycles. The first-order valence-electron chi connectivity index (χ1n) is 9.33. The number of aryl methyl sites for hydroxylation is 1. The average molecular weight is 526 g/mol. The maximum absolute atomic E-state index is 12.4. The van der Waals surface area contributed by atoms with Crippen molar-refractivity contribution in [2.45, 2.75) is 12.8 Å². The number of allylic oxidation sites excluding steroid dienone is 5. The predicted molar refractivity (Wildman–Crippen MR) is 129 cm³/mol. The maximum atomic E-state index is 12.4. The molecular formula is C20H13Cl3N5O4S-. The number of nitrogens with zero attached hydrogens (tertiary/aromatic N) is 4. The molecule has 2 aromatic heterocycles. The van der Waals surface area contributed by atoms with E-state index in [0.29, 0.717) is 26.9 Å². The van der Waals surface area contributed by atoms with Gasteiger partial charge in [0.25, 0.3) is 0 Å². The first kappa shape index (κ1) is 23.1. The highest BCUT2D eigenvalue weighted by Crippen LogP contribution is 2.33. The fourth-order valence-corrected chi connectivity index (χ4v) is 4.59. The number of halogens is 3. The molecule has 0 fully saturated rings. The number of anilines is 1. The Bertz CT molecular complexity index is 1390. The summed E-state index contributed by atoms with van der Waals surface area (Å²) in [7, 11) is 0. The van der Waals surface area contributed by atoms with Crippen LogP contribution in [0.1, 0.15) is 17.1 Å². The van der Waals surface area contributed by atoms with Gasteiger partial charge in [-0.15, -0.1) is 10.2 Å². The Morgan fingerprint density at radius 1 is 1.15 bits per heavy atom. The van der Waals surface area contributed by atoms with Crippen molar-refractivity contribution in [3.8, 4) is 5.88 Å². The summed E-state index contributed by atoms with van der Waals surface area (Å²) < 4.78 is 1.41. The van der Waals surface area contributed by atoms with Gasteiger partial charge in [-0.1, -0.05) is 58.3 Å². The summed E-state index contributed by atoms with van der Waals surface area (Å²) in [5.41, 5.74) is 0.579. The summed E-state index contributed by atoms with van der Waals surface area (Å²) in [5.74, 6) is -0.161. The van der Waals surface area contributed by atoms with E-state index in [2.05, 4.69) is 15.5 Å². The second kappa shape index (κ2) is 9.44. The number of hydrogen-bond donors (Lipinski definition) is 2. The third kappa shape index (κ3) is 4.83. The second-order valence-electron chi connectivity index (χ2n) is 6.78. The highest BCUT2D eigenvalue weighted by atomic mass is 35.5. The van der Waals surface area contributed by atoms with Gasteiger partial charge in [-0.3, -0.25) is 4.79 Å². The van der Waals surface area contributed by atoms with Crippen molar-refractivity contribution in [2.24, 2.45) is 0 Å². The van der Waals surface area contributed by atoms with Crippen molar-refractivity contribution in [1.82, 2.24) is 14.6 Å². The number of rotatable bonds is 5. The molecule has 1 aromatic carbocycles. The molecule has 13 heteroatoms. The van der Waals surface area contributed by atoms with Gasteiger partial charge < -0.3 is 20.8 Å². The molecule has 0 saturated heterocycles. The molecule has 1 aliphatic carbocycles. The van der Waals surface area contributed by atoms with Crippen LogP contribution in [0.15, 0.2) is 42.0 Å². The minimum Gasteiger partial charge on any atom is -0.612 e. The SMILES string of the molecule is O=C(CCc1nnc2sc(C=C3C=CC=CC3=[N+]([O-])[O-])c(O)n12)Nc1cc(Cl)c(Cl)cc1Cl. The Kier molecular flexibility index (Phi) is 6.61. The Morgan fingerprint density at radius 2 is 1.88 bits per heavy atom. The Labute approximate surface area is 205 Å². The van der Waals surface area contributed by atoms with Gasteiger partial charge in [0.05, 0.1) is 25.6 Å². The van der Waals surface area contributed by atoms with E-state index in [4.69, 9.17) is 34.8 Å². The molecule has 9 nitrogen and oxygen atoms in total. The van der Waals surface area contributed by atoms with Crippen LogP contribution in [-0.2, 0) is 11.2 Å². The number of thiazole rings is 1. The van der Waals surface area contributed by atoms with Gasteiger partial charge >= 0.3 is 0 Å². The topological polar surface area (TPSA) is 129 Å². The highest BCUT2D eigenvalue weighted by Gasteiger charge is 2.19. The largest absolute Gasteiger partial charge is 0.612 e. The second-order valence-corrected chi connectivity index (χ2v) is 9.01. The third-order valence-electron chi connectivity index (χ3n) is 4.61. The maximum Gasteiger partial charge on any atom is 0.230 e. The minimum atomic E-state index is -0.493. The number of carbonyl (C=O) groups is 1. The van der Waals surface area contributed by atoms with Crippen molar-refractivity contribution < 1.29 is 14.8 Å². The number of carbonyl (C=O) groups excluding carboxylic acids is 1. The van der Waals surface area contributed by atoms with Gasteiger partial charge in [-0.2, -0.15) is 4.90 Å². The van der Waals surface area contributed by atoms with Gasteiger partial charge in [-0.05, 0) is 24.3 Å². The van der Waals surface area contributed by atoms with Gasteiger partial charge in [0.1, 0.15) is 5.82 Å². The normalized spacial score (nSPS) is 14.4. The summed E-state index contributed by atoms with van der Waals surface area (Å²) in [6.45, 7) is 0. The first-order chi connectivity index (χ1) is 15.7. The van der Waals surface area contributed by atoms with E-state index in [1.54, 1.807) is 18.2 Å². The number of hydrogen-bond acceptors (Lipinski definition) is 7. The smallest absolute Gasteiger partial charge is 0.230 e. The number of aromatic nitrogens is 3. The third-order valence-corrected chi connectivity index (χ3v) is 6.62. The van der Waals surface area contributed by atoms with Crippen LogP contribution >= 0.6 is 46.1 Å². The summed E-state index contributed by atoms with van der Waals surface area (Å²) in [5, 5.41) is 44.7. The highest BCUT2D eigenvalue weighted by molar-refractivity contribution is 7.18. The molecule has 3 aromatic rings. The lowest BCUT2D eigenvalue weighted by Gasteiger charge is -2.10. The summed E-state index contributed by atoms with van der Waals surface area (Å²) >= 11 is 19.1. The quantitative estimate of drug-likeness (QED) is 0.274. The molecule has 0 unspecified atom stereocenters. The van der Waals surface area contributed by atoms with Crippen molar-refractivity contribution in [2.75, 3.05) is 5.32 Å². The van der Waals surface area contributed by atoms with E-state index in [1.807, 2.05) is 0 Å². The molecular weight excluding hydrogens is 513 g/mol. The van der Waals surface area contributed by atoms with Crippen LogP contribution in [0.3, 0.4) is 0 Å². The van der Waals surface area contributed by atoms with Crippen LogP contribution in [0.4, 0.5) is 5.69 Å². The fraction of sp³-hybridized carbons (Fsp3) is 0.100. The van der Waals surface area contributed by atoms with E-state index in [-0.39, 0.29) is 45.4 Å². The van der Waals surface area contributed by atoms with E-state index in [1.165, 1.54) is 28.7 Å². The number of nitrogens with one attached hydrogen (secondary N) is 1. The standard InChI is InChI=1S/C20H13Cl3N5O4S/c21-11-8-13(23)14(9-12(11)22)24-18(29)6-5-17-25-26-20-27(17)19(30)16(33-20)7-10-3-1-2-4-15(10)28(31)32/h1-4,7-9H,5-6H2,(H2-,24,29,30,31,32)/q-1. The number of aromatic hydroxyl groups is 1. The molecule has 0 bridgehead atoms. The van der Waals surface area contributed by atoms with Crippen molar-refractivity contribution >= 4 is 74.5 Å². The first-order valence-corrected chi connectivity index (χ1v) is 11.3. The molecule has 0 saturated carbocycles. The number of fused-ring (bicyclic) bond motifs is 1. The molecule has 0 spiro atoms. The monoisotopic (exact) mass is 524 g/mol. The zero-order chi connectivity index (χ0) is 23.7. The van der Waals surface area contributed by atoms with E-state index in [9.17, 15) is 20.3 Å². The van der Waals surface area contributed by atoms with E-state index in [0.717, 1.165) is 11.3 Å². The average Bonchev–Trinajstić information content (AvgIpc) is 3.31. The van der Waals surface area contributed by atoms with Crippen LogP contribution in [0.5, 0.6) is 5.88 Å². The van der Waals surface area contributed by atoms with Crippen LogP contribution in [-0.4, -0.2) is 36.2 Å². The Balaban J connectivity index is 1.53. The Morgan fingerprint density at radius 3 is 2.64 bits per heavy atom. The van der Waals surface area contributed by atoms with Crippen molar-refractivity contribution in [1.29, 1.82) is 0 Å². The number of amides is 1. The molecule has 1 amide bonds. The Hall–Kier alpha value is -3.05. The minimum absolute atomic E-state index is 0.0237. The fourth-order valence-electron chi connectivity index (χ4n) is 3.06. The number of benzene rings is 1. The van der Waals surface area contributed by atoms with Crippen molar-refractivity contribution in [3.63, 3.8) is 0 Å². The van der Waals surface area contributed by atoms with E-state index >= 15 is 0 Å². The summed E-state index contributed by atoms with van der Waals surface area (Å²) in [4.78, 5) is 12.7. The van der Waals surface area contributed by atoms with Gasteiger partial charge in [-0.25, -0.2) is 4.40 Å². The lowest BCUT2D eigenvalue weighted by Crippen LogP contribution is -2.13. The van der Waals surface area contributed by atoms with Crippen LogP contribution in [0.2, 0.25) is 15.1 Å². The van der Waals surface area contributed by atoms with Crippen LogP contribution in [0, 0.1) is 10.4 Å². The lowest BCUT2D eigenvalue weighted by molar-refractivity contribution is -0.377. The molecule has 33 heavy (non-hydrogen) atoms. The van der Waals surface area contributed by atoms with E-state index < -0.39 is 4.90 Å². The molecule has 4 rings (SSSR count). The van der Waals surface area contributed by atoms with Crippen LogP contribution in [0.25, 0.3) is 11.0 Å². The molecule has 0 atom stereocenters. The lowest BCUT2D eigenvalue weighted by atomic mass is 10.1. The zero-order valence-electron chi connectivity index (χ0n) is 16.5. The molecule has 0 radical (unpaired) electrons. The zero-order valence-corrected chi connectivity index (χ0v) is 19.5.